The van der Waals surface area contributed by atoms with Crippen molar-refractivity contribution in [2.45, 2.75) is 39.2 Å². The summed E-state index contributed by atoms with van der Waals surface area (Å²) in [6, 6.07) is 3.74. The van der Waals surface area contributed by atoms with E-state index in [1.807, 2.05) is 39.8 Å². The van der Waals surface area contributed by atoms with Gasteiger partial charge in [-0.1, -0.05) is 6.92 Å². The van der Waals surface area contributed by atoms with Gasteiger partial charge in [-0.15, -0.1) is 0 Å². The Kier molecular flexibility index (Phi) is 3.97. The van der Waals surface area contributed by atoms with Crippen LogP contribution in [0.3, 0.4) is 0 Å². The summed E-state index contributed by atoms with van der Waals surface area (Å²) in [5.41, 5.74) is 2.13. The lowest BCUT2D eigenvalue weighted by atomic mass is 10.0. The number of ether oxygens (including phenoxy) is 1. The van der Waals surface area contributed by atoms with Gasteiger partial charge in [-0.25, -0.2) is 4.79 Å². The zero-order chi connectivity index (χ0) is 14.8. The Bertz CT molecular complexity index is 598. The van der Waals surface area contributed by atoms with Gasteiger partial charge in [0.2, 0.25) is 0 Å². The molecule has 0 aliphatic rings. The van der Waals surface area contributed by atoms with Crippen LogP contribution >= 0.6 is 0 Å². The molecule has 0 fully saturated rings. The third-order valence-electron chi connectivity index (χ3n) is 2.86. The largest absolute Gasteiger partial charge is 0.462 e. The van der Waals surface area contributed by atoms with Crippen LogP contribution < -0.4 is 5.32 Å². The molecule has 0 radical (unpaired) electrons. The number of aromatic nitrogens is 1. The fourth-order valence-electron chi connectivity index (χ4n) is 1.94. The maximum absolute atomic E-state index is 11.6. The molecular formula is C15H20N2O3. The van der Waals surface area contributed by atoms with E-state index in [1.54, 1.807) is 12.5 Å². The molecule has 0 spiro atoms. The van der Waals surface area contributed by atoms with Crippen molar-refractivity contribution in [3.05, 3.63) is 30.2 Å². The summed E-state index contributed by atoms with van der Waals surface area (Å²) in [6.45, 7) is 8.02. The molecule has 0 bridgehead atoms. The highest BCUT2D eigenvalue weighted by molar-refractivity contribution is 5.76. The van der Waals surface area contributed by atoms with E-state index in [1.165, 1.54) is 0 Å². The second kappa shape index (κ2) is 5.53. The van der Waals surface area contributed by atoms with Crippen molar-refractivity contribution in [2.24, 2.45) is 0 Å². The molecule has 1 N–H and O–H groups in total. The monoisotopic (exact) mass is 276 g/mol. The molecule has 2 aromatic rings. The van der Waals surface area contributed by atoms with Crippen LogP contribution in [-0.2, 0) is 4.74 Å². The average molecular weight is 276 g/mol. The van der Waals surface area contributed by atoms with Gasteiger partial charge in [0.25, 0.3) is 0 Å². The van der Waals surface area contributed by atoms with Crippen molar-refractivity contribution in [3.63, 3.8) is 0 Å². The standard InChI is InChI=1S/C15H20N2O3/c1-10(9-17-14(18)20-15(2,3)4)11-5-7-16-12-6-8-19-13(11)12/h5-8,10H,9H2,1-4H3,(H,17,18). The Morgan fingerprint density at radius 2 is 2.20 bits per heavy atom. The predicted octanol–water partition coefficient (Wildman–Crippen LogP) is 3.46. The zero-order valence-corrected chi connectivity index (χ0v) is 12.3. The van der Waals surface area contributed by atoms with Crippen LogP contribution in [0.4, 0.5) is 4.79 Å². The summed E-state index contributed by atoms with van der Waals surface area (Å²) in [4.78, 5) is 15.9. The van der Waals surface area contributed by atoms with E-state index in [0.29, 0.717) is 6.54 Å². The van der Waals surface area contributed by atoms with Gasteiger partial charge >= 0.3 is 6.09 Å². The Balaban J connectivity index is 2.00. The lowest BCUT2D eigenvalue weighted by Gasteiger charge is -2.20. The van der Waals surface area contributed by atoms with Gasteiger partial charge in [-0.3, -0.25) is 4.98 Å². The Morgan fingerprint density at radius 3 is 2.90 bits per heavy atom. The molecular weight excluding hydrogens is 256 g/mol. The van der Waals surface area contributed by atoms with E-state index >= 15 is 0 Å². The SMILES string of the molecule is CC(CNC(=O)OC(C)(C)C)c1ccnc2ccoc12. The van der Waals surface area contributed by atoms with Crippen LogP contribution in [0.5, 0.6) is 0 Å². The molecule has 2 heterocycles. The van der Waals surface area contributed by atoms with Gasteiger partial charge in [-0.05, 0) is 26.8 Å². The third-order valence-corrected chi connectivity index (χ3v) is 2.86. The van der Waals surface area contributed by atoms with Crippen molar-refractivity contribution in [3.8, 4) is 0 Å². The molecule has 1 atom stereocenters. The number of fused-ring (bicyclic) bond motifs is 1. The minimum absolute atomic E-state index is 0.110. The summed E-state index contributed by atoms with van der Waals surface area (Å²) in [5, 5.41) is 2.77. The first kappa shape index (κ1) is 14.4. The molecule has 0 aliphatic heterocycles. The van der Waals surface area contributed by atoms with Crippen LogP contribution in [0, 0.1) is 0 Å². The second-order valence-electron chi connectivity index (χ2n) is 5.82. The van der Waals surface area contributed by atoms with E-state index in [4.69, 9.17) is 9.15 Å². The number of nitrogens with one attached hydrogen (secondary N) is 1. The van der Waals surface area contributed by atoms with Gasteiger partial charge in [0.05, 0.1) is 6.26 Å². The minimum Gasteiger partial charge on any atom is -0.462 e. The maximum atomic E-state index is 11.6. The van der Waals surface area contributed by atoms with E-state index < -0.39 is 11.7 Å². The molecule has 0 saturated carbocycles. The number of carbonyl (C=O) groups is 1. The van der Waals surface area contributed by atoms with Gasteiger partial charge < -0.3 is 14.5 Å². The van der Waals surface area contributed by atoms with Crippen LogP contribution in [0.25, 0.3) is 11.1 Å². The molecule has 2 aromatic heterocycles. The molecule has 0 aliphatic carbocycles. The Morgan fingerprint density at radius 1 is 1.45 bits per heavy atom. The van der Waals surface area contributed by atoms with Crippen molar-refractivity contribution < 1.29 is 13.9 Å². The van der Waals surface area contributed by atoms with Crippen molar-refractivity contribution >= 4 is 17.2 Å². The fourth-order valence-corrected chi connectivity index (χ4v) is 1.94. The molecule has 20 heavy (non-hydrogen) atoms. The predicted molar refractivity (Wildman–Crippen MR) is 76.7 cm³/mol. The quantitative estimate of drug-likeness (QED) is 0.932. The summed E-state index contributed by atoms with van der Waals surface area (Å²) >= 11 is 0. The number of alkyl carbamates (subject to hydrolysis) is 1. The third kappa shape index (κ3) is 3.50. The normalized spacial score (nSPS) is 13.2. The van der Waals surface area contributed by atoms with Crippen molar-refractivity contribution in [1.29, 1.82) is 0 Å². The Labute approximate surface area is 118 Å². The molecule has 2 rings (SSSR count). The molecule has 0 saturated heterocycles. The summed E-state index contributed by atoms with van der Waals surface area (Å²) in [7, 11) is 0. The number of hydrogen-bond donors (Lipinski definition) is 1. The highest BCUT2D eigenvalue weighted by Crippen LogP contribution is 2.24. The van der Waals surface area contributed by atoms with Crippen molar-refractivity contribution in [1.82, 2.24) is 10.3 Å². The lowest BCUT2D eigenvalue weighted by Crippen LogP contribution is -2.34. The highest BCUT2D eigenvalue weighted by Gasteiger charge is 2.18. The molecule has 1 amide bonds. The number of carbonyl (C=O) groups excluding carboxylic acids is 1. The van der Waals surface area contributed by atoms with E-state index in [-0.39, 0.29) is 5.92 Å². The highest BCUT2D eigenvalue weighted by atomic mass is 16.6. The van der Waals surface area contributed by atoms with E-state index in [9.17, 15) is 4.79 Å². The minimum atomic E-state index is -0.488. The van der Waals surface area contributed by atoms with Crippen LogP contribution in [0.15, 0.2) is 29.0 Å². The second-order valence-corrected chi connectivity index (χ2v) is 5.82. The van der Waals surface area contributed by atoms with Crippen LogP contribution in [0.2, 0.25) is 0 Å². The van der Waals surface area contributed by atoms with E-state index in [2.05, 4.69) is 10.3 Å². The first-order chi connectivity index (χ1) is 9.37. The zero-order valence-electron chi connectivity index (χ0n) is 12.3. The number of pyridine rings is 1. The van der Waals surface area contributed by atoms with Gasteiger partial charge in [-0.2, -0.15) is 0 Å². The number of furan rings is 1. The smallest absolute Gasteiger partial charge is 0.407 e. The number of amides is 1. The van der Waals surface area contributed by atoms with Crippen LogP contribution in [0.1, 0.15) is 39.2 Å². The Hall–Kier alpha value is -2.04. The number of nitrogens with zero attached hydrogens (tertiary/aromatic N) is 1. The average Bonchev–Trinajstić information content (AvgIpc) is 2.81. The van der Waals surface area contributed by atoms with Gasteiger partial charge in [0.15, 0.2) is 5.58 Å². The molecule has 1 unspecified atom stereocenters. The summed E-state index contributed by atoms with van der Waals surface area (Å²) in [5.74, 6) is 0.110. The van der Waals surface area contributed by atoms with Crippen molar-refractivity contribution in [2.75, 3.05) is 6.54 Å². The number of rotatable bonds is 3. The first-order valence-electron chi connectivity index (χ1n) is 6.66. The fraction of sp³-hybridized carbons (Fsp3) is 0.467. The van der Waals surface area contributed by atoms with Crippen LogP contribution in [-0.4, -0.2) is 23.2 Å². The maximum Gasteiger partial charge on any atom is 0.407 e. The molecule has 0 aromatic carbocycles. The summed E-state index contributed by atoms with van der Waals surface area (Å²) in [6.07, 6.45) is 2.96. The van der Waals surface area contributed by atoms with Gasteiger partial charge in [0, 0.05) is 30.3 Å². The molecule has 108 valence electrons. The molecule has 5 nitrogen and oxygen atoms in total. The lowest BCUT2D eigenvalue weighted by molar-refractivity contribution is 0.0525. The topological polar surface area (TPSA) is 64.4 Å². The summed E-state index contributed by atoms with van der Waals surface area (Å²) < 4.78 is 10.7. The van der Waals surface area contributed by atoms with Gasteiger partial charge in [0.1, 0.15) is 11.1 Å². The molecule has 5 heteroatoms. The number of hydrogen-bond acceptors (Lipinski definition) is 4. The first-order valence-corrected chi connectivity index (χ1v) is 6.66. The van der Waals surface area contributed by atoms with E-state index in [0.717, 1.165) is 16.7 Å².